The smallest absolute Gasteiger partial charge is 0.408 e. The zero-order valence-corrected chi connectivity index (χ0v) is 20.2. The molecule has 0 radical (unpaired) electrons. The number of rotatable bonds is 14. The normalized spacial score (nSPS) is 21.9. The minimum atomic E-state index is -1.26. The number of aliphatic carboxylic acids is 1. The molecule has 2 aliphatic rings. The molecule has 13 nitrogen and oxygen atoms in total. The van der Waals surface area contributed by atoms with Crippen molar-refractivity contribution in [3.05, 3.63) is 10.4 Å². The van der Waals surface area contributed by atoms with Crippen LogP contribution in [0.15, 0.2) is 5.11 Å². The van der Waals surface area contributed by atoms with Crippen LogP contribution in [-0.4, -0.2) is 76.9 Å². The van der Waals surface area contributed by atoms with Crippen LogP contribution < -0.4 is 21.3 Å². The largest absolute Gasteiger partial charge is 0.480 e. The highest BCUT2D eigenvalue weighted by atomic mass is 32.2. The number of azide groups is 1. The Morgan fingerprint density at radius 1 is 1.35 bits per heavy atom. The minimum Gasteiger partial charge on any atom is -0.480 e. The monoisotopic (exact) mass is 499 g/mol. The summed E-state index contributed by atoms with van der Waals surface area (Å²) in [5, 5.41) is 23.7. The number of thioether (sulfide) groups is 1. The van der Waals surface area contributed by atoms with Crippen LogP contribution >= 0.6 is 11.8 Å². The molecule has 0 spiro atoms. The molecule has 0 aromatic carbocycles. The molecule has 2 aliphatic heterocycles. The number of fused-ring (bicyclic) bond motifs is 1. The van der Waals surface area contributed by atoms with Crippen molar-refractivity contribution in [2.45, 2.75) is 81.3 Å². The molecule has 0 aromatic rings. The van der Waals surface area contributed by atoms with Gasteiger partial charge in [0.2, 0.25) is 5.91 Å². The first-order chi connectivity index (χ1) is 16.1. The summed E-state index contributed by atoms with van der Waals surface area (Å²) in [4.78, 5) is 49.4. The number of nitrogens with zero attached hydrogens (tertiary/aromatic N) is 3. The van der Waals surface area contributed by atoms with E-state index in [4.69, 9.17) is 15.4 Å². The van der Waals surface area contributed by atoms with Gasteiger partial charge in [-0.2, -0.15) is 11.8 Å². The molecule has 4 unspecified atom stereocenters. The number of urea groups is 1. The second kappa shape index (κ2) is 13.1. The van der Waals surface area contributed by atoms with Crippen LogP contribution in [0.5, 0.6) is 0 Å². The maximum atomic E-state index is 12.1. The fourth-order valence-corrected chi connectivity index (χ4v) is 5.37. The highest BCUT2D eigenvalue weighted by Crippen LogP contribution is 2.33. The third kappa shape index (κ3) is 9.18. The van der Waals surface area contributed by atoms with Crippen LogP contribution in [0, 0.1) is 0 Å². The molecule has 4 amide bonds. The van der Waals surface area contributed by atoms with E-state index in [9.17, 15) is 19.2 Å². The number of carbonyl (C=O) groups excluding carboxylic acids is 3. The lowest BCUT2D eigenvalue weighted by Gasteiger charge is -2.26. The number of amides is 4. The number of carboxylic acid groups (broad SMARTS) is 1. The zero-order valence-electron chi connectivity index (χ0n) is 19.4. The van der Waals surface area contributed by atoms with E-state index in [0.29, 0.717) is 24.6 Å². The van der Waals surface area contributed by atoms with Gasteiger partial charge in [-0.15, -0.1) is 0 Å². The average Bonchev–Trinajstić information content (AvgIpc) is 3.29. The van der Waals surface area contributed by atoms with Gasteiger partial charge in [-0.05, 0) is 38.6 Å². The van der Waals surface area contributed by atoms with Crippen molar-refractivity contribution in [2.24, 2.45) is 5.11 Å². The molecular weight excluding hydrogens is 466 g/mol. The summed E-state index contributed by atoms with van der Waals surface area (Å²) in [6, 6.07) is -0.965. The van der Waals surface area contributed by atoms with Gasteiger partial charge in [-0.25, -0.2) is 14.4 Å². The second-order valence-corrected chi connectivity index (χ2v) is 10.2. The average molecular weight is 500 g/mol. The topological polar surface area (TPSA) is 195 Å². The predicted molar refractivity (Wildman–Crippen MR) is 125 cm³/mol. The standard InChI is InChI=1S/C20H33N7O6S/c1-20(2,33-19(32)25-12(17(29)30)7-9-23-27-21)8-10-22-15(28)6-4-3-5-14-16-13(11-34-14)24-18(31)26-16/h12-14,16H,3-11H2,1-2H3,(H,22,28)(H,25,32)(H,29,30)(H2,24,26,31). The number of carbonyl (C=O) groups is 4. The number of ether oxygens (including phenoxy) is 1. The van der Waals surface area contributed by atoms with E-state index in [1.807, 2.05) is 11.8 Å². The van der Waals surface area contributed by atoms with Crippen molar-refractivity contribution in [3.63, 3.8) is 0 Å². The van der Waals surface area contributed by atoms with Crippen LogP contribution in [-0.2, 0) is 14.3 Å². The molecule has 2 fully saturated rings. The van der Waals surface area contributed by atoms with Crippen molar-refractivity contribution in [2.75, 3.05) is 18.8 Å². The number of nitrogens with one attached hydrogen (secondary N) is 4. The van der Waals surface area contributed by atoms with Crippen LogP contribution in [0.1, 0.15) is 52.4 Å². The van der Waals surface area contributed by atoms with E-state index in [2.05, 4.69) is 31.3 Å². The van der Waals surface area contributed by atoms with E-state index in [0.717, 1.165) is 25.0 Å². The molecule has 0 saturated carbocycles. The van der Waals surface area contributed by atoms with Gasteiger partial charge in [0.25, 0.3) is 0 Å². The quantitative estimate of drug-likeness (QED) is 0.0790. The summed E-state index contributed by atoms with van der Waals surface area (Å²) in [6.45, 7) is 3.56. The summed E-state index contributed by atoms with van der Waals surface area (Å²) in [6.07, 6.45) is 2.36. The maximum Gasteiger partial charge on any atom is 0.408 e. The highest BCUT2D eigenvalue weighted by Gasteiger charge is 2.42. The summed E-state index contributed by atoms with van der Waals surface area (Å²) in [7, 11) is 0. The van der Waals surface area contributed by atoms with Crippen LogP contribution in [0.25, 0.3) is 10.4 Å². The molecule has 0 bridgehead atoms. The van der Waals surface area contributed by atoms with Gasteiger partial charge < -0.3 is 31.1 Å². The van der Waals surface area contributed by atoms with E-state index in [-0.39, 0.29) is 37.0 Å². The predicted octanol–water partition coefficient (Wildman–Crippen LogP) is 1.88. The van der Waals surface area contributed by atoms with Crippen molar-refractivity contribution >= 4 is 35.8 Å². The number of carboxylic acids is 1. The van der Waals surface area contributed by atoms with Gasteiger partial charge in [-0.1, -0.05) is 11.5 Å². The summed E-state index contributed by atoms with van der Waals surface area (Å²) in [5.41, 5.74) is 7.34. The zero-order chi connectivity index (χ0) is 25.1. The molecule has 34 heavy (non-hydrogen) atoms. The Labute approximate surface area is 202 Å². The number of hydrogen-bond acceptors (Lipinski definition) is 7. The molecule has 2 rings (SSSR count). The molecule has 2 saturated heterocycles. The summed E-state index contributed by atoms with van der Waals surface area (Å²) >= 11 is 1.85. The minimum absolute atomic E-state index is 0.0584. The van der Waals surface area contributed by atoms with Crippen molar-refractivity contribution in [1.82, 2.24) is 21.3 Å². The fourth-order valence-electron chi connectivity index (χ4n) is 3.83. The fraction of sp³-hybridized carbons (Fsp3) is 0.800. The summed E-state index contributed by atoms with van der Waals surface area (Å²) < 4.78 is 5.30. The van der Waals surface area contributed by atoms with Crippen molar-refractivity contribution < 1.29 is 29.0 Å². The Balaban J connectivity index is 1.59. The molecule has 5 N–H and O–H groups in total. The number of alkyl carbamates (subject to hydrolysis) is 1. The van der Waals surface area contributed by atoms with E-state index in [1.165, 1.54) is 0 Å². The van der Waals surface area contributed by atoms with Gasteiger partial charge in [0.1, 0.15) is 11.6 Å². The Hall–Kier alpha value is -2.86. The van der Waals surface area contributed by atoms with E-state index in [1.54, 1.807) is 13.8 Å². The molecule has 0 aliphatic carbocycles. The summed E-state index contributed by atoms with van der Waals surface area (Å²) in [5.74, 6) is -0.430. The lowest BCUT2D eigenvalue weighted by molar-refractivity contribution is -0.139. The Morgan fingerprint density at radius 3 is 2.82 bits per heavy atom. The van der Waals surface area contributed by atoms with Crippen molar-refractivity contribution in [3.8, 4) is 0 Å². The van der Waals surface area contributed by atoms with Gasteiger partial charge in [0, 0.05) is 41.8 Å². The SMILES string of the molecule is CC(C)(CCNC(=O)CCCCC1SCC2NC(=O)NC21)OC(=O)NC(CCN=[N+]=[N-])C(=O)O. The van der Waals surface area contributed by atoms with Gasteiger partial charge in [0.05, 0.1) is 12.1 Å². The molecule has 4 atom stereocenters. The van der Waals surface area contributed by atoms with Crippen LogP contribution in [0.3, 0.4) is 0 Å². The van der Waals surface area contributed by atoms with Gasteiger partial charge in [0.15, 0.2) is 0 Å². The second-order valence-electron chi connectivity index (χ2n) is 8.90. The van der Waals surface area contributed by atoms with Crippen molar-refractivity contribution in [1.29, 1.82) is 0 Å². The van der Waals surface area contributed by atoms with E-state index < -0.39 is 23.7 Å². The Bertz CT molecular complexity index is 804. The van der Waals surface area contributed by atoms with Crippen LogP contribution in [0.4, 0.5) is 9.59 Å². The lowest BCUT2D eigenvalue weighted by atomic mass is 10.0. The third-order valence-electron chi connectivity index (χ3n) is 5.67. The molecule has 2 heterocycles. The third-order valence-corrected chi connectivity index (χ3v) is 7.18. The highest BCUT2D eigenvalue weighted by molar-refractivity contribution is 8.00. The Morgan fingerprint density at radius 2 is 2.12 bits per heavy atom. The molecule has 190 valence electrons. The number of unbranched alkanes of at least 4 members (excludes halogenated alkanes) is 1. The van der Waals surface area contributed by atoms with Crippen LogP contribution in [0.2, 0.25) is 0 Å². The Kier molecular flexibility index (Phi) is 10.6. The first-order valence-corrected chi connectivity index (χ1v) is 12.3. The first kappa shape index (κ1) is 27.4. The van der Waals surface area contributed by atoms with E-state index >= 15 is 0 Å². The first-order valence-electron chi connectivity index (χ1n) is 11.3. The maximum absolute atomic E-state index is 12.1. The van der Waals surface area contributed by atoms with Gasteiger partial charge in [-0.3, -0.25) is 4.79 Å². The molecule has 0 aromatic heterocycles. The lowest BCUT2D eigenvalue weighted by Crippen LogP contribution is -2.45. The van der Waals surface area contributed by atoms with Gasteiger partial charge >= 0.3 is 18.1 Å². The number of hydrogen-bond donors (Lipinski definition) is 5. The molecule has 14 heteroatoms. The molecular formula is C20H33N7O6S.